The molecule has 2 heteroatoms. The molecule has 0 saturated carbocycles. The Morgan fingerprint density at radius 3 is 0.920 bits per heavy atom. The van der Waals surface area contributed by atoms with Crippen LogP contribution >= 0.6 is 12.4 Å². The molecule has 0 aliphatic heterocycles. The van der Waals surface area contributed by atoms with Gasteiger partial charge in [0.05, 0.1) is 0 Å². The first-order valence-corrected chi connectivity index (χ1v) is 10.9. The summed E-state index contributed by atoms with van der Waals surface area (Å²) in [5, 5.41) is 0. The molecule has 0 atom stereocenters. The van der Waals surface area contributed by atoms with Crippen LogP contribution in [0.3, 0.4) is 0 Å². The highest BCUT2D eigenvalue weighted by Gasteiger charge is 1.93. The highest BCUT2D eigenvalue weighted by atomic mass is 35.5. The third-order valence-corrected chi connectivity index (χ3v) is 4.45. The maximum atomic E-state index is 3.56. The van der Waals surface area contributed by atoms with Crippen molar-refractivity contribution >= 4 is 12.4 Å². The van der Waals surface area contributed by atoms with Gasteiger partial charge in [0, 0.05) is 6.54 Å². The summed E-state index contributed by atoms with van der Waals surface area (Å²) in [6.45, 7) is 9.12. The first-order valence-electron chi connectivity index (χ1n) is 10.9. The predicted molar refractivity (Wildman–Crippen MR) is 121 cm³/mol. The Balaban J connectivity index is -0.000000592. The van der Waals surface area contributed by atoms with Crippen LogP contribution in [0.1, 0.15) is 117 Å². The van der Waals surface area contributed by atoms with Gasteiger partial charge in [0.1, 0.15) is 0 Å². The number of hydrogen-bond acceptors (Lipinski definition) is 1. The second kappa shape index (κ2) is 28.8. The predicted octanol–water partition coefficient (Wildman–Crippen LogP) is 8.42. The third-order valence-electron chi connectivity index (χ3n) is 4.45. The van der Waals surface area contributed by atoms with Crippen molar-refractivity contribution < 1.29 is 0 Å². The summed E-state index contributed by atoms with van der Waals surface area (Å²) in [6.07, 6.45) is 25.3. The van der Waals surface area contributed by atoms with Gasteiger partial charge in [-0.1, -0.05) is 123 Å². The zero-order valence-electron chi connectivity index (χ0n) is 18.2. The van der Waals surface area contributed by atoms with Crippen LogP contribution in [0.2, 0.25) is 0 Å². The Morgan fingerprint density at radius 2 is 0.800 bits per heavy atom. The first kappa shape index (κ1) is 29.7. The van der Waals surface area contributed by atoms with E-state index in [2.05, 4.69) is 25.3 Å². The number of halogens is 1. The number of unbranched alkanes of at least 4 members (excludes halogenated alkanes) is 15. The van der Waals surface area contributed by atoms with Crippen LogP contribution in [0, 0.1) is 0 Å². The van der Waals surface area contributed by atoms with E-state index in [1.807, 2.05) is 20.2 Å². The van der Waals surface area contributed by atoms with Gasteiger partial charge in [-0.25, -0.2) is 0 Å². The molecule has 0 rings (SSSR count). The van der Waals surface area contributed by atoms with Crippen molar-refractivity contribution in [2.24, 2.45) is 0 Å². The van der Waals surface area contributed by atoms with E-state index in [0.717, 1.165) is 6.54 Å². The average molecular weight is 376 g/mol. The molecule has 25 heavy (non-hydrogen) atoms. The number of hydrogen-bond donors (Lipinski definition) is 0. The highest BCUT2D eigenvalue weighted by Crippen LogP contribution is 2.13. The van der Waals surface area contributed by atoms with E-state index in [0.29, 0.717) is 0 Å². The Hall–Kier alpha value is -0.0100. The van der Waals surface area contributed by atoms with Crippen molar-refractivity contribution in [3.63, 3.8) is 0 Å². The minimum absolute atomic E-state index is 0. The van der Waals surface area contributed by atoms with Crippen molar-refractivity contribution in [1.82, 2.24) is 4.90 Å². The topological polar surface area (TPSA) is 3.24 Å². The molecular formula is C23H50ClN. The summed E-state index contributed by atoms with van der Waals surface area (Å²) in [5.74, 6) is 0. The Bertz CT molecular complexity index is 200. The van der Waals surface area contributed by atoms with Crippen LogP contribution in [0.4, 0.5) is 0 Å². The lowest BCUT2D eigenvalue weighted by molar-refractivity contribution is 0.457. The van der Waals surface area contributed by atoms with E-state index in [4.69, 9.17) is 0 Å². The fourth-order valence-corrected chi connectivity index (χ4v) is 2.88. The second-order valence-corrected chi connectivity index (χ2v) is 7.50. The molecule has 0 aromatic rings. The molecular weight excluding hydrogens is 326 g/mol. The Morgan fingerprint density at radius 1 is 0.560 bits per heavy atom. The number of likely N-dealkylation sites (N-methyl/N-ethyl adjacent to an activating group) is 1. The van der Waals surface area contributed by atoms with Crippen LogP contribution in [-0.4, -0.2) is 25.5 Å². The quantitative estimate of drug-likeness (QED) is 0.182. The summed E-state index contributed by atoms with van der Waals surface area (Å²) >= 11 is 0. The molecule has 0 aliphatic carbocycles. The van der Waals surface area contributed by atoms with Crippen LogP contribution in [0.15, 0.2) is 12.7 Å². The summed E-state index contributed by atoms with van der Waals surface area (Å²) in [5.41, 5.74) is 0. The molecule has 0 aromatic carbocycles. The van der Waals surface area contributed by atoms with Crippen molar-refractivity contribution in [2.75, 3.05) is 20.6 Å². The molecule has 154 valence electrons. The van der Waals surface area contributed by atoms with Gasteiger partial charge in [-0.2, -0.15) is 0 Å². The fraction of sp³-hybridized carbons (Fsp3) is 0.913. The largest absolute Gasteiger partial charge is 0.306 e. The van der Waals surface area contributed by atoms with Gasteiger partial charge < -0.3 is 4.90 Å². The average Bonchev–Trinajstić information content (AvgIpc) is 2.56. The molecule has 0 fully saturated rings. The van der Waals surface area contributed by atoms with Crippen molar-refractivity contribution in [2.45, 2.75) is 117 Å². The SMILES string of the molecule is C=CCN(C)C.CCCCCCCCCCCCCCCCCC.Cl. The summed E-state index contributed by atoms with van der Waals surface area (Å²) < 4.78 is 0. The van der Waals surface area contributed by atoms with Gasteiger partial charge >= 0.3 is 0 Å². The highest BCUT2D eigenvalue weighted by molar-refractivity contribution is 5.85. The van der Waals surface area contributed by atoms with Crippen LogP contribution in [0.5, 0.6) is 0 Å². The third kappa shape index (κ3) is 35.8. The molecule has 0 aliphatic rings. The Kier molecular flexibility index (Phi) is 34.2. The van der Waals surface area contributed by atoms with E-state index >= 15 is 0 Å². The minimum atomic E-state index is 0. The molecule has 0 bridgehead atoms. The lowest BCUT2D eigenvalue weighted by Gasteiger charge is -2.03. The van der Waals surface area contributed by atoms with Gasteiger partial charge in [0.2, 0.25) is 0 Å². The standard InChI is InChI=1S/C18H38.C5H11N.ClH/c1-3-5-7-9-11-13-15-17-18-16-14-12-10-8-6-4-2;1-4-5-6(2)3;/h3-18H2,1-2H3;4H,1,5H2,2-3H3;1H. The minimum Gasteiger partial charge on any atom is -0.306 e. The molecule has 0 N–H and O–H groups in total. The van der Waals surface area contributed by atoms with Gasteiger partial charge in [0.25, 0.3) is 0 Å². The maximum absolute atomic E-state index is 3.56. The molecule has 0 amide bonds. The molecule has 0 spiro atoms. The molecule has 0 unspecified atom stereocenters. The lowest BCUT2D eigenvalue weighted by atomic mass is 10.0. The van der Waals surface area contributed by atoms with Crippen molar-refractivity contribution in [3.8, 4) is 0 Å². The zero-order chi connectivity index (χ0) is 18.3. The van der Waals surface area contributed by atoms with Gasteiger partial charge in [-0.15, -0.1) is 19.0 Å². The molecule has 1 nitrogen and oxygen atoms in total. The molecule has 0 heterocycles. The summed E-state index contributed by atoms with van der Waals surface area (Å²) in [4.78, 5) is 2.06. The van der Waals surface area contributed by atoms with Crippen LogP contribution in [-0.2, 0) is 0 Å². The maximum Gasteiger partial charge on any atom is 0.0154 e. The summed E-state index contributed by atoms with van der Waals surface area (Å²) in [6, 6.07) is 0. The Labute approximate surface area is 167 Å². The van der Waals surface area contributed by atoms with Crippen LogP contribution < -0.4 is 0 Å². The second-order valence-electron chi connectivity index (χ2n) is 7.50. The van der Waals surface area contributed by atoms with Crippen molar-refractivity contribution in [3.05, 3.63) is 12.7 Å². The van der Waals surface area contributed by atoms with Gasteiger partial charge in [-0.3, -0.25) is 0 Å². The van der Waals surface area contributed by atoms with Crippen LogP contribution in [0.25, 0.3) is 0 Å². The monoisotopic (exact) mass is 375 g/mol. The normalized spacial score (nSPS) is 10.1. The number of rotatable bonds is 17. The first-order chi connectivity index (χ1) is 11.7. The smallest absolute Gasteiger partial charge is 0.0154 e. The molecule has 0 radical (unpaired) electrons. The van der Waals surface area contributed by atoms with E-state index in [-0.39, 0.29) is 12.4 Å². The fourth-order valence-electron chi connectivity index (χ4n) is 2.88. The van der Waals surface area contributed by atoms with E-state index in [1.165, 1.54) is 103 Å². The summed E-state index contributed by atoms with van der Waals surface area (Å²) in [7, 11) is 4.03. The zero-order valence-corrected chi connectivity index (χ0v) is 19.0. The number of nitrogens with zero attached hydrogens (tertiary/aromatic N) is 1. The molecule has 0 saturated heterocycles. The van der Waals surface area contributed by atoms with E-state index in [1.54, 1.807) is 0 Å². The van der Waals surface area contributed by atoms with Gasteiger partial charge in [-0.05, 0) is 14.1 Å². The van der Waals surface area contributed by atoms with E-state index < -0.39 is 0 Å². The van der Waals surface area contributed by atoms with Crippen molar-refractivity contribution in [1.29, 1.82) is 0 Å². The van der Waals surface area contributed by atoms with E-state index in [9.17, 15) is 0 Å². The molecule has 0 aromatic heterocycles. The van der Waals surface area contributed by atoms with Gasteiger partial charge in [0.15, 0.2) is 0 Å². The lowest BCUT2D eigenvalue weighted by Crippen LogP contribution is -2.09.